The number of nitrogens with zero attached hydrogens (tertiary/aromatic N) is 1. The highest BCUT2D eigenvalue weighted by atomic mass is 15.0. The molecule has 0 atom stereocenters. The summed E-state index contributed by atoms with van der Waals surface area (Å²) in [5.74, 6) is 0. The number of aryl methyl sites for hydroxylation is 2. The molecule has 28 heavy (non-hydrogen) atoms. The molecule has 1 heterocycles. The van der Waals surface area contributed by atoms with Crippen LogP contribution >= 0.6 is 0 Å². The van der Waals surface area contributed by atoms with Crippen molar-refractivity contribution in [2.24, 2.45) is 0 Å². The van der Waals surface area contributed by atoms with Crippen molar-refractivity contribution in [3.63, 3.8) is 0 Å². The standard InChI is InChI=1S/C27H23N/c1-3-28-26-11-7-6-10-24(26)25-17-14-20(18-27(25)28)13-16-21-15-12-19(2)22-8-4-5-9-23(21)22/h4-18H,3H2,1-2H3. The molecule has 4 aromatic carbocycles. The first kappa shape index (κ1) is 16.8. The van der Waals surface area contributed by atoms with E-state index in [1.54, 1.807) is 0 Å². The van der Waals surface area contributed by atoms with Gasteiger partial charge in [0, 0.05) is 28.4 Å². The average Bonchev–Trinajstić information content (AvgIpc) is 3.06. The minimum absolute atomic E-state index is 0.972. The monoisotopic (exact) mass is 361 g/mol. The lowest BCUT2D eigenvalue weighted by Crippen LogP contribution is -1.92. The van der Waals surface area contributed by atoms with Gasteiger partial charge in [-0.25, -0.2) is 0 Å². The molecule has 1 nitrogen and oxygen atoms in total. The Labute approximate surface area is 165 Å². The van der Waals surface area contributed by atoms with Gasteiger partial charge in [-0.3, -0.25) is 0 Å². The summed E-state index contributed by atoms with van der Waals surface area (Å²) < 4.78 is 2.41. The third-order valence-corrected chi connectivity index (χ3v) is 5.74. The molecule has 0 saturated carbocycles. The third-order valence-electron chi connectivity index (χ3n) is 5.74. The summed E-state index contributed by atoms with van der Waals surface area (Å²) in [7, 11) is 0. The molecule has 0 saturated heterocycles. The maximum Gasteiger partial charge on any atom is 0.0497 e. The van der Waals surface area contributed by atoms with Crippen LogP contribution in [0.2, 0.25) is 0 Å². The minimum Gasteiger partial charge on any atom is -0.341 e. The van der Waals surface area contributed by atoms with Crippen LogP contribution in [-0.2, 0) is 6.54 Å². The van der Waals surface area contributed by atoms with E-state index in [2.05, 4.69) is 109 Å². The molecule has 0 N–H and O–H groups in total. The molecule has 1 aromatic heterocycles. The summed E-state index contributed by atoms with van der Waals surface area (Å²) in [5, 5.41) is 5.29. The number of aromatic nitrogens is 1. The molecule has 1 heteroatoms. The smallest absolute Gasteiger partial charge is 0.0497 e. The van der Waals surface area contributed by atoms with Gasteiger partial charge in [0.1, 0.15) is 0 Å². The van der Waals surface area contributed by atoms with Gasteiger partial charge >= 0.3 is 0 Å². The van der Waals surface area contributed by atoms with Crippen molar-refractivity contribution in [2.45, 2.75) is 20.4 Å². The van der Waals surface area contributed by atoms with Crippen LogP contribution in [0.1, 0.15) is 23.6 Å². The van der Waals surface area contributed by atoms with Crippen molar-refractivity contribution >= 4 is 44.7 Å². The SMILES string of the molecule is CCn1c2ccccc2c2ccc(C=Cc3ccc(C)c4ccccc34)cc21. The lowest BCUT2D eigenvalue weighted by molar-refractivity contribution is 0.827. The van der Waals surface area contributed by atoms with E-state index < -0.39 is 0 Å². The van der Waals surface area contributed by atoms with Gasteiger partial charge in [-0.1, -0.05) is 78.9 Å². The van der Waals surface area contributed by atoms with Crippen LogP contribution in [0, 0.1) is 6.92 Å². The van der Waals surface area contributed by atoms with Gasteiger partial charge in [0.05, 0.1) is 0 Å². The number of fused-ring (bicyclic) bond motifs is 4. The zero-order valence-electron chi connectivity index (χ0n) is 16.3. The molecule has 5 rings (SSSR count). The number of hydrogen-bond donors (Lipinski definition) is 0. The van der Waals surface area contributed by atoms with Crippen LogP contribution in [0.25, 0.3) is 44.7 Å². The molecule has 0 aliphatic heterocycles. The average molecular weight is 361 g/mol. The Morgan fingerprint density at radius 1 is 0.679 bits per heavy atom. The van der Waals surface area contributed by atoms with Crippen molar-refractivity contribution in [3.05, 3.63) is 95.6 Å². The summed E-state index contributed by atoms with van der Waals surface area (Å²) in [6, 6.07) is 28.5. The molecule has 0 bridgehead atoms. The number of benzene rings is 4. The van der Waals surface area contributed by atoms with Gasteiger partial charge < -0.3 is 4.57 Å². The van der Waals surface area contributed by atoms with E-state index in [9.17, 15) is 0 Å². The third kappa shape index (κ3) is 2.63. The molecule has 0 spiro atoms. The fourth-order valence-electron chi connectivity index (χ4n) is 4.32. The Morgan fingerprint density at radius 2 is 1.39 bits per heavy atom. The van der Waals surface area contributed by atoms with Gasteiger partial charge in [-0.2, -0.15) is 0 Å². The molecule has 0 radical (unpaired) electrons. The van der Waals surface area contributed by atoms with E-state index in [-0.39, 0.29) is 0 Å². The Hall–Kier alpha value is -3.32. The summed E-state index contributed by atoms with van der Waals surface area (Å²) in [6.45, 7) is 5.36. The van der Waals surface area contributed by atoms with E-state index in [0.717, 1.165) is 6.54 Å². The molecule has 0 aliphatic rings. The zero-order chi connectivity index (χ0) is 19.1. The number of rotatable bonds is 3. The Morgan fingerprint density at radius 3 is 2.21 bits per heavy atom. The van der Waals surface area contributed by atoms with Crippen LogP contribution in [0.5, 0.6) is 0 Å². The van der Waals surface area contributed by atoms with Crippen molar-refractivity contribution in [2.75, 3.05) is 0 Å². The predicted octanol–water partition coefficient (Wildman–Crippen LogP) is 7.45. The molecule has 0 unspecified atom stereocenters. The van der Waals surface area contributed by atoms with Gasteiger partial charge in [-0.15, -0.1) is 0 Å². The number of hydrogen-bond acceptors (Lipinski definition) is 0. The van der Waals surface area contributed by atoms with Gasteiger partial charge in [0.25, 0.3) is 0 Å². The van der Waals surface area contributed by atoms with Crippen molar-refractivity contribution < 1.29 is 0 Å². The minimum atomic E-state index is 0.972. The molecular weight excluding hydrogens is 338 g/mol. The van der Waals surface area contributed by atoms with Gasteiger partial charge in [0.2, 0.25) is 0 Å². The lowest BCUT2D eigenvalue weighted by Gasteiger charge is -2.06. The number of para-hydroxylation sites is 1. The summed E-state index contributed by atoms with van der Waals surface area (Å²) in [5.41, 5.74) is 6.43. The summed E-state index contributed by atoms with van der Waals surface area (Å²) >= 11 is 0. The fraction of sp³-hybridized carbons (Fsp3) is 0.111. The Kier molecular flexibility index (Phi) is 4.02. The first-order valence-electron chi connectivity index (χ1n) is 9.93. The lowest BCUT2D eigenvalue weighted by atomic mass is 9.99. The van der Waals surface area contributed by atoms with Crippen LogP contribution in [0.4, 0.5) is 0 Å². The van der Waals surface area contributed by atoms with Crippen LogP contribution in [0.15, 0.2) is 78.9 Å². The van der Waals surface area contributed by atoms with Crippen LogP contribution in [-0.4, -0.2) is 4.57 Å². The highest BCUT2D eigenvalue weighted by molar-refractivity contribution is 6.08. The van der Waals surface area contributed by atoms with E-state index in [1.807, 2.05) is 0 Å². The maximum absolute atomic E-state index is 2.41. The van der Waals surface area contributed by atoms with Crippen molar-refractivity contribution in [1.82, 2.24) is 4.57 Å². The Bertz CT molecular complexity index is 1350. The van der Waals surface area contributed by atoms with Gasteiger partial charge in [-0.05, 0) is 53.4 Å². The van der Waals surface area contributed by atoms with E-state index in [1.165, 1.54) is 49.3 Å². The van der Waals surface area contributed by atoms with E-state index >= 15 is 0 Å². The molecule has 136 valence electrons. The van der Waals surface area contributed by atoms with Crippen LogP contribution in [0.3, 0.4) is 0 Å². The molecule has 0 fully saturated rings. The second-order valence-electron chi connectivity index (χ2n) is 7.39. The molecule has 0 aliphatic carbocycles. The summed E-state index contributed by atoms with van der Waals surface area (Å²) in [6.07, 6.45) is 4.47. The Balaban J connectivity index is 1.63. The second kappa shape index (κ2) is 6.69. The highest BCUT2D eigenvalue weighted by Gasteiger charge is 2.09. The normalized spacial score (nSPS) is 11.9. The fourth-order valence-corrected chi connectivity index (χ4v) is 4.32. The predicted molar refractivity (Wildman–Crippen MR) is 123 cm³/mol. The van der Waals surface area contributed by atoms with Crippen molar-refractivity contribution in [3.8, 4) is 0 Å². The van der Waals surface area contributed by atoms with E-state index in [0.29, 0.717) is 0 Å². The van der Waals surface area contributed by atoms with Crippen molar-refractivity contribution in [1.29, 1.82) is 0 Å². The highest BCUT2D eigenvalue weighted by Crippen LogP contribution is 2.30. The largest absolute Gasteiger partial charge is 0.341 e. The maximum atomic E-state index is 2.41. The topological polar surface area (TPSA) is 4.93 Å². The second-order valence-corrected chi connectivity index (χ2v) is 7.39. The van der Waals surface area contributed by atoms with Crippen LogP contribution < -0.4 is 0 Å². The zero-order valence-corrected chi connectivity index (χ0v) is 16.3. The molecule has 5 aromatic rings. The first-order valence-corrected chi connectivity index (χ1v) is 9.93. The molecular formula is C27H23N. The van der Waals surface area contributed by atoms with E-state index in [4.69, 9.17) is 0 Å². The molecule has 0 amide bonds. The quantitative estimate of drug-likeness (QED) is 0.294. The summed E-state index contributed by atoms with van der Waals surface area (Å²) in [4.78, 5) is 0. The van der Waals surface area contributed by atoms with Gasteiger partial charge in [0.15, 0.2) is 0 Å². The first-order chi connectivity index (χ1) is 13.8.